The second-order valence-electron chi connectivity index (χ2n) is 3.14. The van der Waals surface area contributed by atoms with Crippen LogP contribution < -0.4 is 0 Å². The summed E-state index contributed by atoms with van der Waals surface area (Å²) in [6.07, 6.45) is 0.847. The van der Waals surface area contributed by atoms with Gasteiger partial charge in [0.15, 0.2) is 0 Å². The Bertz CT molecular complexity index is 413. The summed E-state index contributed by atoms with van der Waals surface area (Å²) in [6, 6.07) is 8.27. The van der Waals surface area contributed by atoms with E-state index in [0.29, 0.717) is 0 Å². The van der Waals surface area contributed by atoms with Crippen LogP contribution in [0, 0.1) is 0 Å². The van der Waals surface area contributed by atoms with Gasteiger partial charge in [0.2, 0.25) is 0 Å². The zero-order chi connectivity index (χ0) is 10.7. The van der Waals surface area contributed by atoms with Crippen LogP contribution in [0.2, 0.25) is 0 Å². The largest absolute Gasteiger partial charge is 0.170 e. The van der Waals surface area contributed by atoms with E-state index in [-0.39, 0.29) is 5.25 Å². The number of thiophene rings is 2. The number of thiocarbonyl (C=S) groups is 1. The minimum Gasteiger partial charge on any atom is -0.170 e. The smallest absolute Gasteiger partial charge is 0.0410 e. The molecule has 15 heavy (non-hydrogen) atoms. The van der Waals surface area contributed by atoms with Crippen molar-refractivity contribution in [1.29, 1.82) is 0 Å². The summed E-state index contributed by atoms with van der Waals surface area (Å²) < 4.78 is 0. The first kappa shape index (κ1) is 11.3. The van der Waals surface area contributed by atoms with Crippen molar-refractivity contribution in [3.05, 3.63) is 44.8 Å². The predicted molar refractivity (Wildman–Crippen MR) is 76.7 cm³/mol. The fraction of sp³-hybridized carbons (Fsp3) is 0.182. The Hall–Kier alpha value is -0.160. The molecule has 0 bridgehead atoms. The van der Waals surface area contributed by atoms with Crippen molar-refractivity contribution in [2.45, 2.75) is 11.7 Å². The molecule has 0 spiro atoms. The molecule has 0 nitrogen and oxygen atoms in total. The molecule has 0 aliphatic carbocycles. The predicted octanol–water partition coefficient (Wildman–Crippen LogP) is 4.59. The first-order chi connectivity index (χ1) is 7.27. The molecular formula is C11H10S4. The van der Waals surface area contributed by atoms with Crippen molar-refractivity contribution in [2.24, 2.45) is 0 Å². The molecule has 2 heterocycles. The van der Waals surface area contributed by atoms with Gasteiger partial charge in [-0.15, -0.1) is 22.7 Å². The third-order valence-electron chi connectivity index (χ3n) is 2.05. The van der Waals surface area contributed by atoms with Gasteiger partial charge < -0.3 is 0 Å². The van der Waals surface area contributed by atoms with E-state index in [1.807, 2.05) is 6.07 Å². The van der Waals surface area contributed by atoms with Crippen LogP contribution in [0.5, 0.6) is 0 Å². The average Bonchev–Trinajstić information content (AvgIpc) is 2.91. The zero-order valence-electron chi connectivity index (χ0n) is 7.92. The molecule has 0 N–H and O–H groups in total. The molecular weight excluding hydrogens is 260 g/mol. The van der Waals surface area contributed by atoms with Crippen molar-refractivity contribution >= 4 is 52.4 Å². The molecule has 2 aromatic rings. The van der Waals surface area contributed by atoms with Gasteiger partial charge in [-0.2, -0.15) is 12.6 Å². The van der Waals surface area contributed by atoms with Crippen molar-refractivity contribution in [1.82, 2.24) is 0 Å². The molecule has 0 fully saturated rings. The van der Waals surface area contributed by atoms with Crippen LogP contribution in [0.25, 0.3) is 0 Å². The van der Waals surface area contributed by atoms with Gasteiger partial charge in [-0.25, -0.2) is 0 Å². The van der Waals surface area contributed by atoms with Crippen LogP contribution in [0.3, 0.4) is 0 Å². The number of thiol groups is 1. The van der Waals surface area contributed by atoms with Crippen molar-refractivity contribution in [3.63, 3.8) is 0 Å². The Labute approximate surface area is 108 Å². The molecule has 0 aliphatic rings. The fourth-order valence-electron chi connectivity index (χ4n) is 1.29. The summed E-state index contributed by atoms with van der Waals surface area (Å²) >= 11 is 13.4. The highest BCUT2D eigenvalue weighted by molar-refractivity contribution is 7.82. The van der Waals surface area contributed by atoms with E-state index in [1.165, 1.54) is 9.75 Å². The van der Waals surface area contributed by atoms with Crippen LogP contribution in [-0.2, 0) is 0 Å². The van der Waals surface area contributed by atoms with Crippen molar-refractivity contribution < 1.29 is 0 Å². The van der Waals surface area contributed by atoms with Crippen molar-refractivity contribution in [2.75, 3.05) is 0 Å². The monoisotopic (exact) mass is 270 g/mol. The molecule has 0 aromatic carbocycles. The second kappa shape index (κ2) is 5.25. The van der Waals surface area contributed by atoms with Gasteiger partial charge in [0.25, 0.3) is 0 Å². The first-order valence-corrected chi connectivity index (χ1v) is 7.24. The standard InChI is InChI=1S/C11H10S4/c12-8(10-3-1-5-14-10)7-9(13)11-4-2-6-15-11/h1-6,8,12H,7H2. The number of hydrogen-bond donors (Lipinski definition) is 1. The molecule has 2 rings (SSSR count). The van der Waals surface area contributed by atoms with Gasteiger partial charge in [0.1, 0.15) is 0 Å². The maximum absolute atomic E-state index is 5.39. The maximum atomic E-state index is 5.39. The summed E-state index contributed by atoms with van der Waals surface area (Å²) in [5.41, 5.74) is 0. The molecule has 1 unspecified atom stereocenters. The molecule has 4 heteroatoms. The quantitative estimate of drug-likeness (QED) is 0.482. The van der Waals surface area contributed by atoms with Gasteiger partial charge in [-0.3, -0.25) is 0 Å². The van der Waals surface area contributed by atoms with E-state index < -0.39 is 0 Å². The van der Waals surface area contributed by atoms with Gasteiger partial charge in [-0.1, -0.05) is 24.4 Å². The topological polar surface area (TPSA) is 0 Å². The first-order valence-electron chi connectivity index (χ1n) is 4.55. The SMILES string of the molecule is S=C(CC(S)c1cccs1)c1cccs1. The Kier molecular flexibility index (Phi) is 3.97. The van der Waals surface area contributed by atoms with Crippen molar-refractivity contribution in [3.8, 4) is 0 Å². The Morgan fingerprint density at radius 2 is 2.00 bits per heavy atom. The van der Waals surface area contributed by atoms with E-state index in [4.69, 9.17) is 12.2 Å². The fourth-order valence-corrected chi connectivity index (χ4v) is 3.64. The van der Waals surface area contributed by atoms with E-state index in [1.54, 1.807) is 22.7 Å². The molecule has 0 aliphatic heterocycles. The average molecular weight is 270 g/mol. The lowest BCUT2D eigenvalue weighted by Crippen LogP contribution is -1.98. The lowest BCUT2D eigenvalue weighted by atomic mass is 10.2. The molecule has 0 amide bonds. The van der Waals surface area contributed by atoms with Gasteiger partial charge in [-0.05, 0) is 22.9 Å². The minimum atomic E-state index is 0.236. The molecule has 0 saturated heterocycles. The van der Waals surface area contributed by atoms with Gasteiger partial charge in [0.05, 0.1) is 0 Å². The highest BCUT2D eigenvalue weighted by Gasteiger charge is 2.11. The molecule has 2 aromatic heterocycles. The number of hydrogen-bond acceptors (Lipinski definition) is 4. The Morgan fingerprint density at radius 1 is 1.27 bits per heavy atom. The summed E-state index contributed by atoms with van der Waals surface area (Å²) in [6.45, 7) is 0. The summed E-state index contributed by atoms with van der Waals surface area (Å²) in [5, 5.41) is 4.37. The summed E-state index contributed by atoms with van der Waals surface area (Å²) in [4.78, 5) is 3.50. The van der Waals surface area contributed by atoms with Gasteiger partial charge in [0, 0.05) is 26.3 Å². The lowest BCUT2D eigenvalue weighted by molar-refractivity contribution is 1.06. The minimum absolute atomic E-state index is 0.236. The Morgan fingerprint density at radius 3 is 2.60 bits per heavy atom. The molecule has 0 saturated carbocycles. The van der Waals surface area contributed by atoms with Crippen LogP contribution >= 0.6 is 47.5 Å². The highest BCUT2D eigenvalue weighted by Crippen LogP contribution is 2.29. The molecule has 78 valence electrons. The van der Waals surface area contributed by atoms with Gasteiger partial charge >= 0.3 is 0 Å². The molecule has 1 atom stereocenters. The lowest BCUT2D eigenvalue weighted by Gasteiger charge is -2.08. The van der Waals surface area contributed by atoms with E-state index in [9.17, 15) is 0 Å². The maximum Gasteiger partial charge on any atom is 0.0410 e. The summed E-state index contributed by atoms with van der Waals surface area (Å²) in [5.74, 6) is 0. The molecule has 0 radical (unpaired) electrons. The zero-order valence-corrected chi connectivity index (χ0v) is 11.3. The van der Waals surface area contributed by atoms with Crippen LogP contribution in [0.1, 0.15) is 21.4 Å². The van der Waals surface area contributed by atoms with E-state index in [0.717, 1.165) is 11.3 Å². The highest BCUT2D eigenvalue weighted by atomic mass is 32.1. The van der Waals surface area contributed by atoms with Crippen LogP contribution in [0.15, 0.2) is 35.0 Å². The third-order valence-corrected chi connectivity index (χ3v) is 5.11. The van der Waals surface area contributed by atoms with E-state index >= 15 is 0 Å². The third kappa shape index (κ3) is 2.91. The van der Waals surface area contributed by atoms with Crippen LogP contribution in [0.4, 0.5) is 0 Å². The summed E-state index contributed by atoms with van der Waals surface area (Å²) in [7, 11) is 0. The Balaban J connectivity index is 2.01. The second-order valence-corrected chi connectivity index (χ2v) is 6.18. The number of rotatable bonds is 4. The normalized spacial score (nSPS) is 12.6. The van der Waals surface area contributed by atoms with Crippen LogP contribution in [-0.4, -0.2) is 4.86 Å². The van der Waals surface area contributed by atoms with E-state index in [2.05, 4.69) is 41.6 Å².